The molecular weight excluding hydrogens is 358 g/mol. The highest BCUT2D eigenvalue weighted by atomic mass is 19.3. The Bertz CT molecular complexity index is 684. The molecule has 0 amide bonds. The zero-order chi connectivity index (χ0) is 20.3. The maximum atomic E-state index is 12.1. The van der Waals surface area contributed by atoms with Gasteiger partial charge < -0.3 is 26.4 Å². The van der Waals surface area contributed by atoms with Gasteiger partial charge in [-0.25, -0.2) is 13.6 Å². The van der Waals surface area contributed by atoms with Crippen LogP contribution in [0.4, 0.5) is 8.78 Å². The largest absolute Gasteiger partial charge is 0.508 e. The molecule has 0 aromatic heterocycles. The number of hydrogen-bond donors (Lipinski definition) is 4. The Morgan fingerprint density at radius 2 is 1.70 bits per heavy atom. The van der Waals surface area contributed by atoms with Gasteiger partial charge in [-0.05, 0) is 49.2 Å². The van der Waals surface area contributed by atoms with Crippen molar-refractivity contribution in [3.63, 3.8) is 0 Å². The molecule has 0 bridgehead atoms. The van der Waals surface area contributed by atoms with Crippen LogP contribution < -0.4 is 16.2 Å². The fourth-order valence-corrected chi connectivity index (χ4v) is 1.99. The van der Waals surface area contributed by atoms with Crippen molar-refractivity contribution < 1.29 is 28.5 Å². The SMILES string of the molecule is NCCCC(N)(C(=O)O)C(F)F.Oc1ccc(OCc2ccccc2)cc1. The molecular formula is C19H24F2N2O4. The first-order valence-electron chi connectivity index (χ1n) is 8.26. The van der Waals surface area contributed by atoms with E-state index < -0.39 is 17.9 Å². The number of ether oxygens (including phenoxy) is 1. The minimum Gasteiger partial charge on any atom is -0.508 e. The normalized spacial score (nSPS) is 12.6. The number of halogens is 2. The number of aromatic hydroxyl groups is 1. The molecule has 0 fully saturated rings. The van der Waals surface area contributed by atoms with E-state index >= 15 is 0 Å². The van der Waals surface area contributed by atoms with E-state index in [2.05, 4.69) is 0 Å². The van der Waals surface area contributed by atoms with Crippen molar-refractivity contribution in [2.24, 2.45) is 11.5 Å². The molecule has 0 heterocycles. The highest BCUT2D eigenvalue weighted by Gasteiger charge is 2.42. The third kappa shape index (κ3) is 7.59. The number of carboxylic acids is 1. The molecule has 1 unspecified atom stereocenters. The zero-order valence-electron chi connectivity index (χ0n) is 14.7. The van der Waals surface area contributed by atoms with Crippen LogP contribution in [0.1, 0.15) is 18.4 Å². The molecule has 2 aromatic carbocycles. The molecule has 6 N–H and O–H groups in total. The van der Waals surface area contributed by atoms with E-state index in [1.807, 2.05) is 30.3 Å². The first-order valence-corrected chi connectivity index (χ1v) is 8.26. The summed E-state index contributed by atoms with van der Waals surface area (Å²) in [6, 6.07) is 16.7. The summed E-state index contributed by atoms with van der Waals surface area (Å²) in [7, 11) is 0. The number of rotatable bonds is 8. The van der Waals surface area contributed by atoms with Crippen molar-refractivity contribution in [3.8, 4) is 11.5 Å². The van der Waals surface area contributed by atoms with Gasteiger partial charge in [0, 0.05) is 0 Å². The molecule has 0 saturated carbocycles. The third-order valence-electron chi connectivity index (χ3n) is 3.67. The monoisotopic (exact) mass is 382 g/mol. The van der Waals surface area contributed by atoms with Crippen LogP contribution in [-0.4, -0.2) is 34.7 Å². The molecule has 0 radical (unpaired) electrons. The average Bonchev–Trinajstić information content (AvgIpc) is 2.66. The Morgan fingerprint density at radius 1 is 1.11 bits per heavy atom. The molecule has 8 heteroatoms. The number of carbonyl (C=O) groups is 1. The number of nitrogens with two attached hydrogens (primary N) is 2. The quantitative estimate of drug-likeness (QED) is 0.557. The van der Waals surface area contributed by atoms with Crippen LogP contribution in [0, 0.1) is 0 Å². The Hall–Kier alpha value is -2.71. The van der Waals surface area contributed by atoms with Gasteiger partial charge in [-0.2, -0.15) is 0 Å². The average molecular weight is 382 g/mol. The van der Waals surface area contributed by atoms with E-state index in [0.717, 1.165) is 11.3 Å². The van der Waals surface area contributed by atoms with E-state index in [9.17, 15) is 13.6 Å². The summed E-state index contributed by atoms with van der Waals surface area (Å²) in [6.07, 6.45) is -3.20. The molecule has 0 aliphatic rings. The van der Waals surface area contributed by atoms with Gasteiger partial charge in [0.2, 0.25) is 0 Å². The van der Waals surface area contributed by atoms with Gasteiger partial charge in [-0.3, -0.25) is 0 Å². The van der Waals surface area contributed by atoms with Crippen LogP contribution in [0.2, 0.25) is 0 Å². The predicted molar refractivity (Wildman–Crippen MR) is 97.7 cm³/mol. The lowest BCUT2D eigenvalue weighted by molar-refractivity contribution is -0.150. The first kappa shape index (κ1) is 22.3. The number of hydrogen-bond acceptors (Lipinski definition) is 5. The van der Waals surface area contributed by atoms with E-state index in [1.165, 1.54) is 0 Å². The molecule has 27 heavy (non-hydrogen) atoms. The molecule has 6 nitrogen and oxygen atoms in total. The number of benzene rings is 2. The van der Waals surface area contributed by atoms with Crippen molar-refractivity contribution in [1.82, 2.24) is 0 Å². The van der Waals surface area contributed by atoms with Crippen LogP contribution in [0.15, 0.2) is 54.6 Å². The molecule has 0 aliphatic heterocycles. The minimum atomic E-state index is -3.07. The van der Waals surface area contributed by atoms with Crippen LogP contribution in [0.3, 0.4) is 0 Å². The van der Waals surface area contributed by atoms with Gasteiger partial charge in [0.05, 0.1) is 0 Å². The summed E-state index contributed by atoms with van der Waals surface area (Å²) < 4.78 is 29.8. The standard InChI is InChI=1S/C13H12O2.C6H12F2N2O2/c14-12-6-8-13(9-7-12)15-10-11-4-2-1-3-5-11;7-4(8)6(10,5(11)12)2-1-3-9/h1-9,14H,10H2;4H,1-3,9-10H2,(H,11,12). The lowest BCUT2D eigenvalue weighted by Gasteiger charge is -2.22. The predicted octanol–water partition coefficient (Wildman–Crippen LogP) is 2.74. The Kier molecular flexibility index (Phi) is 9.18. The van der Waals surface area contributed by atoms with Crippen molar-refractivity contribution >= 4 is 5.97 Å². The van der Waals surface area contributed by atoms with Crippen LogP contribution in [0.25, 0.3) is 0 Å². The second-order valence-corrected chi connectivity index (χ2v) is 5.81. The van der Waals surface area contributed by atoms with Crippen molar-refractivity contribution in [1.29, 1.82) is 0 Å². The molecule has 0 aliphatic carbocycles. The second kappa shape index (κ2) is 11.1. The molecule has 2 rings (SSSR count). The van der Waals surface area contributed by atoms with E-state index in [4.69, 9.17) is 26.4 Å². The van der Waals surface area contributed by atoms with Gasteiger partial charge in [-0.1, -0.05) is 30.3 Å². The number of carboxylic acid groups (broad SMARTS) is 1. The molecule has 0 saturated heterocycles. The van der Waals surface area contributed by atoms with E-state index in [1.54, 1.807) is 24.3 Å². The van der Waals surface area contributed by atoms with E-state index in [0.29, 0.717) is 6.61 Å². The molecule has 0 spiro atoms. The van der Waals surface area contributed by atoms with E-state index in [-0.39, 0.29) is 25.1 Å². The summed E-state index contributed by atoms with van der Waals surface area (Å²) in [6.45, 7) is 0.699. The Labute approximate surface area is 156 Å². The van der Waals surface area contributed by atoms with Gasteiger partial charge in [0.15, 0.2) is 5.54 Å². The van der Waals surface area contributed by atoms with Crippen LogP contribution in [-0.2, 0) is 11.4 Å². The van der Waals surface area contributed by atoms with Gasteiger partial charge in [0.1, 0.15) is 18.1 Å². The van der Waals surface area contributed by atoms with Crippen molar-refractivity contribution in [2.75, 3.05) is 6.54 Å². The number of aliphatic carboxylic acids is 1. The van der Waals surface area contributed by atoms with Crippen LogP contribution in [0.5, 0.6) is 11.5 Å². The Morgan fingerprint density at radius 3 is 2.19 bits per heavy atom. The summed E-state index contributed by atoms with van der Waals surface area (Å²) in [4.78, 5) is 10.3. The summed E-state index contributed by atoms with van der Waals surface area (Å²) in [5.74, 6) is -0.676. The number of alkyl halides is 2. The Balaban J connectivity index is 0.000000279. The summed E-state index contributed by atoms with van der Waals surface area (Å²) >= 11 is 0. The van der Waals surface area contributed by atoms with Crippen molar-refractivity contribution in [2.45, 2.75) is 31.4 Å². The van der Waals surface area contributed by atoms with Gasteiger partial charge >= 0.3 is 5.97 Å². The first-order chi connectivity index (χ1) is 12.8. The number of phenolic OH excluding ortho intramolecular Hbond substituents is 1. The third-order valence-corrected chi connectivity index (χ3v) is 3.67. The smallest absolute Gasteiger partial charge is 0.329 e. The minimum absolute atomic E-state index is 0.152. The van der Waals surface area contributed by atoms with Crippen LogP contribution >= 0.6 is 0 Å². The maximum Gasteiger partial charge on any atom is 0.329 e. The zero-order valence-corrected chi connectivity index (χ0v) is 14.7. The highest BCUT2D eigenvalue weighted by Crippen LogP contribution is 2.19. The summed E-state index contributed by atoms with van der Waals surface area (Å²) in [5.41, 5.74) is 8.69. The lowest BCUT2D eigenvalue weighted by Crippen LogP contribution is -2.54. The lowest BCUT2D eigenvalue weighted by atomic mass is 9.95. The molecule has 2 aromatic rings. The maximum absolute atomic E-state index is 12.1. The fourth-order valence-electron chi connectivity index (χ4n) is 1.99. The summed E-state index contributed by atoms with van der Waals surface area (Å²) in [5, 5.41) is 17.5. The van der Waals surface area contributed by atoms with Gasteiger partial charge in [-0.15, -0.1) is 0 Å². The number of phenols is 1. The molecule has 1 atom stereocenters. The molecule has 148 valence electrons. The highest BCUT2D eigenvalue weighted by molar-refractivity contribution is 5.79. The fraction of sp³-hybridized carbons (Fsp3) is 0.316. The second-order valence-electron chi connectivity index (χ2n) is 5.81. The topological polar surface area (TPSA) is 119 Å². The van der Waals surface area contributed by atoms with Crippen molar-refractivity contribution in [3.05, 3.63) is 60.2 Å². The van der Waals surface area contributed by atoms with Gasteiger partial charge in [0.25, 0.3) is 6.43 Å².